The van der Waals surface area contributed by atoms with E-state index in [9.17, 15) is 4.79 Å². The topological polar surface area (TPSA) is 60.9 Å². The number of hydrogen-bond acceptors (Lipinski definition) is 3. The van der Waals surface area contributed by atoms with Gasteiger partial charge in [0.05, 0.1) is 22.6 Å². The highest BCUT2D eigenvalue weighted by atomic mass is 79.9. The Labute approximate surface area is 130 Å². The van der Waals surface area contributed by atoms with Gasteiger partial charge in [0, 0.05) is 4.47 Å². The van der Waals surface area contributed by atoms with Gasteiger partial charge < -0.3 is 5.73 Å². The van der Waals surface area contributed by atoms with E-state index in [1.807, 2.05) is 55.5 Å². The summed E-state index contributed by atoms with van der Waals surface area (Å²) in [6, 6.07) is 14.6. The highest BCUT2D eigenvalue weighted by molar-refractivity contribution is 9.10. The molecule has 5 heteroatoms. The normalized spacial score (nSPS) is 12.5. The minimum atomic E-state index is -0.346. The number of hydrogen-bond donors (Lipinski definition) is 1. The molecular formula is C16H14BrN3O. The molecule has 1 atom stereocenters. The fourth-order valence-electron chi connectivity index (χ4n) is 2.34. The van der Waals surface area contributed by atoms with Crippen LogP contribution < -0.4 is 11.3 Å². The maximum absolute atomic E-state index is 12.9. The van der Waals surface area contributed by atoms with Gasteiger partial charge in [-0.15, -0.1) is 0 Å². The lowest BCUT2D eigenvalue weighted by Gasteiger charge is -2.16. The first-order valence-corrected chi connectivity index (χ1v) is 7.41. The summed E-state index contributed by atoms with van der Waals surface area (Å²) in [5.74, 6) is 0.553. The van der Waals surface area contributed by atoms with Crippen molar-refractivity contribution in [3.8, 4) is 5.69 Å². The molecular weight excluding hydrogens is 330 g/mol. The second-order valence-electron chi connectivity index (χ2n) is 4.87. The average Bonchev–Trinajstić information content (AvgIpc) is 2.47. The molecule has 106 valence electrons. The minimum absolute atomic E-state index is 0.119. The van der Waals surface area contributed by atoms with Crippen LogP contribution in [0.5, 0.6) is 0 Å². The summed E-state index contributed by atoms with van der Waals surface area (Å²) in [5.41, 5.74) is 7.31. The van der Waals surface area contributed by atoms with Crippen molar-refractivity contribution in [3.63, 3.8) is 0 Å². The lowest BCUT2D eigenvalue weighted by molar-refractivity contribution is 0.696. The fraction of sp³-hybridized carbons (Fsp3) is 0.125. The molecule has 2 N–H and O–H groups in total. The Hall–Kier alpha value is -1.98. The summed E-state index contributed by atoms with van der Waals surface area (Å²) in [6.07, 6.45) is 0. The van der Waals surface area contributed by atoms with Crippen molar-refractivity contribution in [2.45, 2.75) is 13.0 Å². The second-order valence-corrected chi connectivity index (χ2v) is 5.72. The number of aromatic nitrogens is 2. The van der Waals surface area contributed by atoms with Crippen LogP contribution in [0.1, 0.15) is 18.8 Å². The van der Waals surface area contributed by atoms with Gasteiger partial charge in [-0.1, -0.05) is 24.3 Å². The van der Waals surface area contributed by atoms with Crippen LogP contribution in [0.25, 0.3) is 16.6 Å². The zero-order chi connectivity index (χ0) is 15.0. The van der Waals surface area contributed by atoms with Crippen LogP contribution in [0.3, 0.4) is 0 Å². The maximum atomic E-state index is 12.9. The molecule has 0 saturated heterocycles. The molecule has 1 aromatic heterocycles. The largest absolute Gasteiger partial charge is 0.322 e. The van der Waals surface area contributed by atoms with E-state index in [0.29, 0.717) is 16.7 Å². The number of fused-ring (bicyclic) bond motifs is 1. The molecule has 1 heterocycles. The molecule has 0 aliphatic rings. The molecule has 0 saturated carbocycles. The monoisotopic (exact) mass is 343 g/mol. The molecule has 0 aliphatic carbocycles. The Kier molecular flexibility index (Phi) is 3.61. The molecule has 21 heavy (non-hydrogen) atoms. The van der Waals surface area contributed by atoms with Crippen LogP contribution in [0.2, 0.25) is 0 Å². The lowest BCUT2D eigenvalue weighted by Crippen LogP contribution is -2.27. The molecule has 0 fully saturated rings. The molecule has 0 amide bonds. The Balaban J connectivity index is 2.47. The molecule has 3 rings (SSSR count). The molecule has 0 aliphatic heterocycles. The fourth-order valence-corrected chi connectivity index (χ4v) is 2.86. The number of nitrogens with zero attached hydrogens (tertiary/aromatic N) is 2. The van der Waals surface area contributed by atoms with Crippen LogP contribution in [-0.2, 0) is 0 Å². The first-order valence-electron chi connectivity index (χ1n) is 6.62. The third-order valence-electron chi connectivity index (χ3n) is 3.29. The number of nitrogens with two attached hydrogens (primary N) is 1. The van der Waals surface area contributed by atoms with Crippen molar-refractivity contribution in [2.75, 3.05) is 0 Å². The Morgan fingerprint density at radius 2 is 1.86 bits per heavy atom. The minimum Gasteiger partial charge on any atom is -0.322 e. The second kappa shape index (κ2) is 5.42. The zero-order valence-electron chi connectivity index (χ0n) is 11.5. The Bertz CT molecular complexity index is 857. The van der Waals surface area contributed by atoms with Gasteiger partial charge >= 0.3 is 0 Å². The summed E-state index contributed by atoms with van der Waals surface area (Å²) < 4.78 is 2.32. The van der Waals surface area contributed by atoms with Crippen LogP contribution in [0, 0.1) is 0 Å². The van der Waals surface area contributed by atoms with Crippen molar-refractivity contribution in [1.82, 2.24) is 9.55 Å². The summed E-state index contributed by atoms with van der Waals surface area (Å²) in [5, 5.41) is 0.561. The van der Waals surface area contributed by atoms with Gasteiger partial charge in [0.1, 0.15) is 5.82 Å². The van der Waals surface area contributed by atoms with E-state index in [1.165, 1.54) is 0 Å². The number of rotatable bonds is 2. The van der Waals surface area contributed by atoms with Gasteiger partial charge in [0.25, 0.3) is 5.56 Å². The average molecular weight is 344 g/mol. The molecule has 4 nitrogen and oxygen atoms in total. The van der Waals surface area contributed by atoms with Gasteiger partial charge in [-0.3, -0.25) is 9.36 Å². The zero-order valence-corrected chi connectivity index (χ0v) is 13.0. The van der Waals surface area contributed by atoms with E-state index in [-0.39, 0.29) is 11.6 Å². The third kappa shape index (κ3) is 2.39. The number of para-hydroxylation sites is 1. The predicted molar refractivity (Wildman–Crippen MR) is 87.6 cm³/mol. The highest BCUT2D eigenvalue weighted by Gasteiger charge is 2.16. The smallest absolute Gasteiger partial charge is 0.267 e. The molecule has 3 aromatic rings. The van der Waals surface area contributed by atoms with Crippen molar-refractivity contribution in [3.05, 3.63) is 69.2 Å². The summed E-state index contributed by atoms with van der Waals surface area (Å²) in [6.45, 7) is 1.82. The molecule has 0 bridgehead atoms. The van der Waals surface area contributed by atoms with E-state index in [2.05, 4.69) is 20.9 Å². The molecule has 0 unspecified atom stereocenters. The van der Waals surface area contributed by atoms with E-state index in [0.717, 1.165) is 10.2 Å². The standard InChI is InChI=1S/C16H14BrN3O/c1-10(18)15-19-13-9-5-8-12(17)14(13)16(21)20(15)11-6-3-2-4-7-11/h2-10H,18H2,1H3/t10-/m0/s1. The maximum Gasteiger partial charge on any atom is 0.267 e. The highest BCUT2D eigenvalue weighted by Crippen LogP contribution is 2.22. The van der Waals surface area contributed by atoms with Crippen molar-refractivity contribution in [2.24, 2.45) is 5.73 Å². The van der Waals surface area contributed by atoms with Gasteiger partial charge in [-0.2, -0.15) is 0 Å². The van der Waals surface area contributed by atoms with Gasteiger partial charge in [0.2, 0.25) is 0 Å². The number of benzene rings is 2. The summed E-state index contributed by atoms with van der Waals surface area (Å²) in [4.78, 5) is 17.5. The first kappa shape index (κ1) is 14.0. The Morgan fingerprint density at radius 1 is 1.14 bits per heavy atom. The lowest BCUT2D eigenvalue weighted by atomic mass is 10.2. The Morgan fingerprint density at radius 3 is 2.52 bits per heavy atom. The predicted octanol–water partition coefficient (Wildman–Crippen LogP) is 3.17. The molecule has 0 spiro atoms. The van der Waals surface area contributed by atoms with E-state index >= 15 is 0 Å². The summed E-state index contributed by atoms with van der Waals surface area (Å²) >= 11 is 3.43. The van der Waals surface area contributed by atoms with Crippen LogP contribution in [-0.4, -0.2) is 9.55 Å². The van der Waals surface area contributed by atoms with Gasteiger partial charge in [0.15, 0.2) is 0 Å². The van der Waals surface area contributed by atoms with E-state index in [1.54, 1.807) is 4.57 Å². The summed E-state index contributed by atoms with van der Waals surface area (Å²) in [7, 11) is 0. The van der Waals surface area contributed by atoms with Crippen LogP contribution in [0.15, 0.2) is 57.8 Å². The van der Waals surface area contributed by atoms with Crippen LogP contribution >= 0.6 is 15.9 Å². The van der Waals surface area contributed by atoms with Crippen molar-refractivity contribution < 1.29 is 0 Å². The third-order valence-corrected chi connectivity index (χ3v) is 3.96. The van der Waals surface area contributed by atoms with E-state index in [4.69, 9.17) is 5.73 Å². The number of halogens is 1. The molecule has 2 aromatic carbocycles. The first-order chi connectivity index (χ1) is 10.1. The molecule has 0 radical (unpaired) electrons. The SMILES string of the molecule is C[C@H](N)c1nc2cccc(Br)c2c(=O)n1-c1ccccc1. The van der Waals surface area contributed by atoms with Crippen LogP contribution in [0.4, 0.5) is 0 Å². The van der Waals surface area contributed by atoms with Crippen molar-refractivity contribution in [1.29, 1.82) is 0 Å². The van der Waals surface area contributed by atoms with Gasteiger partial charge in [-0.25, -0.2) is 4.98 Å². The van der Waals surface area contributed by atoms with Gasteiger partial charge in [-0.05, 0) is 47.1 Å². The quantitative estimate of drug-likeness (QED) is 0.777. The van der Waals surface area contributed by atoms with E-state index < -0.39 is 0 Å². The van der Waals surface area contributed by atoms with Crippen molar-refractivity contribution >= 4 is 26.8 Å².